The molecule has 0 fully saturated rings. The lowest BCUT2D eigenvalue weighted by Gasteiger charge is -2.23. The topological polar surface area (TPSA) is 103 Å². The zero-order valence-corrected chi connectivity index (χ0v) is 16.8. The van der Waals surface area contributed by atoms with E-state index in [4.69, 9.17) is 21.1 Å². The van der Waals surface area contributed by atoms with Gasteiger partial charge in [-0.05, 0) is 18.2 Å². The Balaban J connectivity index is 2.46. The number of hydrogen-bond donors (Lipinski definition) is 1. The molecule has 0 bridgehead atoms. The van der Waals surface area contributed by atoms with Crippen molar-refractivity contribution in [1.29, 1.82) is 0 Å². The highest BCUT2D eigenvalue weighted by Crippen LogP contribution is 2.38. The van der Waals surface area contributed by atoms with Crippen LogP contribution in [0.2, 0.25) is 5.02 Å². The Labute approximate surface area is 174 Å². The number of nitrogens with zero attached hydrogens (tertiary/aromatic N) is 4. The minimum absolute atomic E-state index is 0.0170. The van der Waals surface area contributed by atoms with E-state index in [0.29, 0.717) is 0 Å². The summed E-state index contributed by atoms with van der Waals surface area (Å²) in [4.78, 5) is 20.5. The van der Waals surface area contributed by atoms with Crippen LogP contribution >= 0.6 is 11.6 Å². The Hall–Kier alpha value is -2.70. The molecule has 0 aliphatic rings. The molecule has 0 unspecified atom stereocenters. The van der Waals surface area contributed by atoms with Gasteiger partial charge in [-0.2, -0.15) is 13.2 Å². The smallest absolute Gasteiger partial charge is 0.383 e. The molecule has 0 aliphatic carbocycles. The van der Waals surface area contributed by atoms with Crippen LogP contribution in [-0.2, 0) is 15.7 Å². The maximum Gasteiger partial charge on any atom is 0.417 e. The lowest BCUT2D eigenvalue weighted by atomic mass is 10.2. The third-order valence-corrected chi connectivity index (χ3v) is 4.28. The van der Waals surface area contributed by atoms with Gasteiger partial charge >= 0.3 is 11.9 Å². The van der Waals surface area contributed by atoms with E-state index >= 15 is 0 Å². The van der Waals surface area contributed by atoms with Crippen LogP contribution in [-0.4, -0.2) is 55.4 Å². The molecule has 2 aromatic rings. The van der Waals surface area contributed by atoms with E-state index in [-0.39, 0.29) is 43.6 Å². The van der Waals surface area contributed by atoms with Gasteiger partial charge in [0.15, 0.2) is 0 Å². The molecule has 2 rings (SSSR count). The molecule has 1 aromatic heterocycles. The van der Waals surface area contributed by atoms with E-state index in [1.807, 2.05) is 0 Å². The predicted molar refractivity (Wildman–Crippen MR) is 104 cm³/mol. The van der Waals surface area contributed by atoms with Gasteiger partial charge in [0.2, 0.25) is 11.6 Å². The molecule has 1 N–H and O–H groups in total. The summed E-state index contributed by atoms with van der Waals surface area (Å²) in [5, 5.41) is 13.8. The van der Waals surface area contributed by atoms with E-state index in [9.17, 15) is 23.3 Å². The summed E-state index contributed by atoms with van der Waals surface area (Å²) >= 11 is 5.62. The molecule has 9 nitrogen and oxygen atoms in total. The van der Waals surface area contributed by atoms with Crippen LogP contribution in [0.4, 0.5) is 36.2 Å². The lowest BCUT2D eigenvalue weighted by Crippen LogP contribution is -2.32. The highest BCUT2D eigenvalue weighted by atomic mass is 35.5. The molecule has 164 valence electrons. The van der Waals surface area contributed by atoms with Crippen molar-refractivity contribution >= 4 is 34.6 Å². The van der Waals surface area contributed by atoms with E-state index in [0.717, 1.165) is 18.5 Å². The summed E-state index contributed by atoms with van der Waals surface area (Å²) in [5.74, 6) is -0.281. The zero-order valence-electron chi connectivity index (χ0n) is 16.1. The first-order valence-electron chi connectivity index (χ1n) is 8.55. The van der Waals surface area contributed by atoms with Crippen LogP contribution in [0.5, 0.6) is 0 Å². The van der Waals surface area contributed by atoms with Crippen molar-refractivity contribution in [2.45, 2.75) is 6.18 Å². The number of rotatable bonds is 10. The second kappa shape index (κ2) is 10.4. The Morgan fingerprint density at radius 3 is 2.37 bits per heavy atom. The van der Waals surface area contributed by atoms with Gasteiger partial charge in [0.05, 0.1) is 28.7 Å². The number of benzene rings is 1. The van der Waals surface area contributed by atoms with Gasteiger partial charge < -0.3 is 19.7 Å². The van der Waals surface area contributed by atoms with Crippen LogP contribution in [0, 0.1) is 10.1 Å². The monoisotopic (exact) mass is 449 g/mol. The number of halogens is 4. The van der Waals surface area contributed by atoms with Crippen molar-refractivity contribution in [3.05, 3.63) is 45.2 Å². The number of methoxy groups -OCH3 is 2. The number of ether oxygens (including phenoxy) is 2. The van der Waals surface area contributed by atoms with Gasteiger partial charge in [-0.15, -0.1) is 0 Å². The third-order valence-electron chi connectivity index (χ3n) is 3.95. The molecule has 1 heterocycles. The molecule has 1 aromatic carbocycles. The van der Waals surface area contributed by atoms with E-state index in [1.54, 1.807) is 4.90 Å². The number of anilines is 3. The van der Waals surface area contributed by atoms with Gasteiger partial charge in [0.25, 0.3) is 0 Å². The Morgan fingerprint density at radius 1 is 1.20 bits per heavy atom. The molecule has 0 amide bonds. The molecule has 0 saturated carbocycles. The average Bonchev–Trinajstić information content (AvgIpc) is 2.68. The van der Waals surface area contributed by atoms with Gasteiger partial charge in [-0.25, -0.2) is 9.97 Å². The van der Waals surface area contributed by atoms with E-state index in [1.165, 1.54) is 20.3 Å². The fourth-order valence-electron chi connectivity index (χ4n) is 2.54. The molecule has 0 saturated heterocycles. The second-order valence-electron chi connectivity index (χ2n) is 5.94. The highest BCUT2D eigenvalue weighted by molar-refractivity contribution is 6.31. The van der Waals surface area contributed by atoms with Crippen molar-refractivity contribution in [2.24, 2.45) is 0 Å². The minimum Gasteiger partial charge on any atom is -0.383 e. The predicted octanol–water partition coefficient (Wildman–Crippen LogP) is 3.90. The van der Waals surface area contributed by atoms with Crippen LogP contribution < -0.4 is 10.2 Å². The number of hydrogen-bond acceptors (Lipinski definition) is 8. The van der Waals surface area contributed by atoms with Crippen molar-refractivity contribution < 1.29 is 27.6 Å². The van der Waals surface area contributed by atoms with Gasteiger partial charge in [0, 0.05) is 33.0 Å². The molecule has 13 heteroatoms. The fourth-order valence-corrected chi connectivity index (χ4v) is 2.77. The van der Waals surface area contributed by atoms with Crippen LogP contribution in [0.25, 0.3) is 0 Å². The molecule has 0 radical (unpaired) electrons. The van der Waals surface area contributed by atoms with Crippen LogP contribution in [0.1, 0.15) is 5.56 Å². The molecular formula is C17H19ClF3N5O4. The summed E-state index contributed by atoms with van der Waals surface area (Å²) < 4.78 is 49.4. The number of aromatic nitrogens is 2. The normalized spacial score (nSPS) is 11.4. The van der Waals surface area contributed by atoms with E-state index < -0.39 is 27.4 Å². The molecule has 0 spiro atoms. The number of alkyl halides is 3. The maximum atomic E-state index is 13.1. The maximum absolute atomic E-state index is 13.1. The first kappa shape index (κ1) is 23.6. The van der Waals surface area contributed by atoms with Gasteiger partial charge in [0.1, 0.15) is 6.33 Å². The zero-order chi connectivity index (χ0) is 22.3. The first-order valence-corrected chi connectivity index (χ1v) is 8.92. The molecule has 0 atom stereocenters. The van der Waals surface area contributed by atoms with Crippen LogP contribution in [0.15, 0.2) is 24.5 Å². The molecular weight excluding hydrogens is 431 g/mol. The fraction of sp³-hybridized carbons (Fsp3) is 0.412. The van der Waals surface area contributed by atoms with Crippen molar-refractivity contribution in [3.63, 3.8) is 0 Å². The Morgan fingerprint density at radius 2 is 1.83 bits per heavy atom. The number of nitrogens with one attached hydrogen (secondary N) is 1. The van der Waals surface area contributed by atoms with Crippen molar-refractivity contribution in [1.82, 2.24) is 9.97 Å². The standard InChI is InChI=1S/C17H19ClF3N5O4/c1-29-7-5-25(6-8-30-2)16-14(26(27)28)15(22-10-23-16)24-11-3-4-13(18)12(9-11)17(19,20)21/h3-4,9-10H,5-8H2,1-2H3,(H,22,23,24). The van der Waals surface area contributed by atoms with Gasteiger partial charge in [-0.3, -0.25) is 10.1 Å². The first-order chi connectivity index (χ1) is 14.2. The summed E-state index contributed by atoms with van der Waals surface area (Å²) in [6.45, 7) is 1.08. The molecule has 0 aliphatic heterocycles. The third kappa shape index (κ3) is 5.90. The average molecular weight is 450 g/mol. The Kier molecular flexibility index (Phi) is 8.15. The summed E-state index contributed by atoms with van der Waals surface area (Å²) in [5.41, 5.74) is -1.64. The van der Waals surface area contributed by atoms with Crippen LogP contribution in [0.3, 0.4) is 0 Å². The second-order valence-corrected chi connectivity index (χ2v) is 6.35. The van der Waals surface area contributed by atoms with E-state index in [2.05, 4.69) is 15.3 Å². The lowest BCUT2D eigenvalue weighted by molar-refractivity contribution is -0.383. The number of nitro groups is 1. The SMILES string of the molecule is COCCN(CCOC)c1ncnc(Nc2ccc(Cl)c(C(F)(F)F)c2)c1[N+](=O)[O-]. The highest BCUT2D eigenvalue weighted by Gasteiger charge is 2.34. The van der Waals surface area contributed by atoms with Crippen molar-refractivity contribution in [2.75, 3.05) is 50.7 Å². The quantitative estimate of drug-likeness (QED) is 0.430. The van der Waals surface area contributed by atoms with Crippen molar-refractivity contribution in [3.8, 4) is 0 Å². The summed E-state index contributed by atoms with van der Waals surface area (Å²) in [6.07, 6.45) is -3.60. The summed E-state index contributed by atoms with van der Waals surface area (Å²) in [6, 6.07) is 3.06. The molecule has 30 heavy (non-hydrogen) atoms. The summed E-state index contributed by atoms with van der Waals surface area (Å²) in [7, 11) is 2.96. The Bertz CT molecular complexity index is 877. The minimum atomic E-state index is -4.69. The largest absolute Gasteiger partial charge is 0.417 e. The van der Waals surface area contributed by atoms with Gasteiger partial charge in [-0.1, -0.05) is 11.6 Å².